The minimum absolute atomic E-state index is 0.0545. The molecule has 0 aromatic heterocycles. The van der Waals surface area contributed by atoms with Crippen LogP contribution in [0.2, 0.25) is 0 Å². The van der Waals surface area contributed by atoms with Gasteiger partial charge in [0, 0.05) is 0 Å². The smallest absolute Gasteiger partial charge is 0.313 e. The summed E-state index contributed by atoms with van der Waals surface area (Å²) in [6.45, 7) is 2.78. The number of unbranched alkanes of at least 4 members (excludes halogenated alkanes) is 2. The first kappa shape index (κ1) is 8.57. The van der Waals surface area contributed by atoms with Gasteiger partial charge in [-0.15, -0.1) is 0 Å². The fourth-order valence-electron chi connectivity index (χ4n) is 1.29. The fourth-order valence-corrected chi connectivity index (χ4v) is 1.29. The summed E-state index contributed by atoms with van der Waals surface area (Å²) in [5.74, 6) is 0.944. The van der Waals surface area contributed by atoms with Crippen LogP contribution in [0.15, 0.2) is 0 Å². The minimum Gasteiger partial charge on any atom is -0.465 e. The number of esters is 1. The zero-order valence-corrected chi connectivity index (χ0v) is 7.06. The zero-order valence-electron chi connectivity index (χ0n) is 7.06. The van der Waals surface area contributed by atoms with E-state index in [-0.39, 0.29) is 5.97 Å². The van der Waals surface area contributed by atoms with Gasteiger partial charge in [0.2, 0.25) is 0 Å². The molecule has 0 aromatic rings. The lowest BCUT2D eigenvalue weighted by molar-refractivity contribution is -0.136. The molecule has 1 aliphatic rings. The van der Waals surface area contributed by atoms with Crippen LogP contribution in [0.3, 0.4) is 0 Å². The minimum atomic E-state index is -0.0545. The van der Waals surface area contributed by atoms with E-state index in [1.54, 1.807) is 0 Å². The van der Waals surface area contributed by atoms with Crippen molar-refractivity contribution in [2.24, 2.45) is 0 Å². The van der Waals surface area contributed by atoms with Crippen molar-refractivity contribution in [3.8, 4) is 0 Å². The van der Waals surface area contributed by atoms with Gasteiger partial charge in [0.25, 0.3) is 0 Å². The predicted molar refractivity (Wildman–Crippen MR) is 43.0 cm³/mol. The molecule has 0 aromatic carbocycles. The average Bonchev–Trinajstić information content (AvgIpc) is 2.37. The van der Waals surface area contributed by atoms with E-state index in [2.05, 4.69) is 6.92 Å². The molecule has 2 nitrogen and oxygen atoms in total. The molecule has 1 aliphatic heterocycles. The Hall–Kier alpha value is -0.530. The Morgan fingerprint density at radius 2 is 2.27 bits per heavy atom. The van der Waals surface area contributed by atoms with Crippen LogP contribution >= 0.6 is 0 Å². The molecule has 0 unspecified atom stereocenters. The van der Waals surface area contributed by atoms with Crippen molar-refractivity contribution in [1.82, 2.24) is 0 Å². The van der Waals surface area contributed by atoms with Gasteiger partial charge in [-0.1, -0.05) is 26.2 Å². The van der Waals surface area contributed by atoms with E-state index in [0.717, 1.165) is 25.2 Å². The first-order chi connectivity index (χ1) is 5.34. The molecule has 0 N–H and O–H groups in total. The van der Waals surface area contributed by atoms with Gasteiger partial charge in [-0.25, -0.2) is 0 Å². The van der Waals surface area contributed by atoms with Crippen molar-refractivity contribution in [2.45, 2.75) is 39.0 Å². The van der Waals surface area contributed by atoms with Crippen molar-refractivity contribution in [3.05, 3.63) is 5.92 Å². The second-order valence-electron chi connectivity index (χ2n) is 2.95. The third-order valence-electron chi connectivity index (χ3n) is 2.01. The molecule has 0 atom stereocenters. The highest BCUT2D eigenvalue weighted by atomic mass is 16.5. The molecule has 0 spiro atoms. The van der Waals surface area contributed by atoms with Crippen LogP contribution < -0.4 is 0 Å². The maximum absolute atomic E-state index is 10.9. The van der Waals surface area contributed by atoms with E-state index in [9.17, 15) is 4.79 Å². The van der Waals surface area contributed by atoms with Crippen LogP contribution in [-0.4, -0.2) is 12.6 Å². The quantitative estimate of drug-likeness (QED) is 0.459. The van der Waals surface area contributed by atoms with Crippen LogP contribution in [0.25, 0.3) is 0 Å². The van der Waals surface area contributed by atoms with Crippen LogP contribution in [-0.2, 0) is 9.53 Å². The van der Waals surface area contributed by atoms with Gasteiger partial charge in [-0.05, 0) is 12.8 Å². The lowest BCUT2D eigenvalue weighted by Gasteiger charge is -2.01. The molecular weight excluding hydrogens is 140 g/mol. The highest BCUT2D eigenvalue weighted by molar-refractivity contribution is 5.86. The van der Waals surface area contributed by atoms with Crippen molar-refractivity contribution in [2.75, 3.05) is 6.61 Å². The maximum atomic E-state index is 10.9. The van der Waals surface area contributed by atoms with E-state index in [1.165, 1.54) is 12.8 Å². The molecule has 0 saturated carbocycles. The summed E-state index contributed by atoms with van der Waals surface area (Å²) < 4.78 is 4.82. The number of rotatable bonds is 4. The van der Waals surface area contributed by atoms with Crippen LogP contribution in [0.1, 0.15) is 39.0 Å². The largest absolute Gasteiger partial charge is 0.465 e. The summed E-state index contributed by atoms with van der Waals surface area (Å²) in [4.78, 5) is 10.9. The fraction of sp³-hybridized carbons (Fsp3) is 0.778. The zero-order chi connectivity index (χ0) is 8.10. The molecular formula is C9H15O2. The molecule has 1 heterocycles. The lowest BCUT2D eigenvalue weighted by Crippen LogP contribution is -2.04. The second kappa shape index (κ2) is 4.37. The monoisotopic (exact) mass is 155 g/mol. The summed E-state index contributed by atoms with van der Waals surface area (Å²) in [6, 6.07) is 0. The number of hydrogen-bond donors (Lipinski definition) is 0. The van der Waals surface area contributed by atoms with Gasteiger partial charge in [0.05, 0.1) is 12.5 Å². The Bertz CT molecular complexity index is 132. The molecule has 11 heavy (non-hydrogen) atoms. The van der Waals surface area contributed by atoms with E-state index in [0.29, 0.717) is 6.61 Å². The number of cyclic esters (lactones) is 1. The standard InChI is InChI=1S/C9H15O2/c1-2-3-4-5-8-6-7-11-9(8)10/h2-7H2,1H3. The van der Waals surface area contributed by atoms with E-state index < -0.39 is 0 Å². The van der Waals surface area contributed by atoms with Gasteiger partial charge >= 0.3 is 5.97 Å². The van der Waals surface area contributed by atoms with Gasteiger partial charge in [0.15, 0.2) is 0 Å². The normalized spacial score (nSPS) is 18.8. The molecule has 1 radical (unpaired) electrons. The Morgan fingerprint density at radius 3 is 2.82 bits per heavy atom. The highest BCUT2D eigenvalue weighted by Crippen LogP contribution is 2.22. The van der Waals surface area contributed by atoms with E-state index >= 15 is 0 Å². The molecule has 63 valence electrons. The molecule has 1 saturated heterocycles. The third kappa shape index (κ3) is 2.52. The summed E-state index contributed by atoms with van der Waals surface area (Å²) in [5.41, 5.74) is 0. The van der Waals surface area contributed by atoms with Gasteiger partial charge in [-0.2, -0.15) is 0 Å². The average molecular weight is 155 g/mol. The molecule has 0 amide bonds. The summed E-state index contributed by atoms with van der Waals surface area (Å²) >= 11 is 0. The van der Waals surface area contributed by atoms with Crippen molar-refractivity contribution < 1.29 is 9.53 Å². The van der Waals surface area contributed by atoms with Gasteiger partial charge in [0.1, 0.15) is 0 Å². The number of carbonyl (C=O) groups excluding carboxylic acids is 1. The van der Waals surface area contributed by atoms with E-state index in [1.807, 2.05) is 0 Å². The Labute approximate surface area is 67.9 Å². The van der Waals surface area contributed by atoms with Crippen molar-refractivity contribution >= 4 is 5.97 Å². The molecule has 2 heteroatoms. The number of ether oxygens (including phenoxy) is 1. The van der Waals surface area contributed by atoms with Gasteiger partial charge < -0.3 is 4.74 Å². The third-order valence-corrected chi connectivity index (χ3v) is 2.01. The topological polar surface area (TPSA) is 26.3 Å². The first-order valence-electron chi connectivity index (χ1n) is 4.36. The summed E-state index contributed by atoms with van der Waals surface area (Å²) in [7, 11) is 0. The number of hydrogen-bond acceptors (Lipinski definition) is 2. The molecule has 0 bridgehead atoms. The Kier molecular flexibility index (Phi) is 3.40. The first-order valence-corrected chi connectivity index (χ1v) is 4.36. The lowest BCUT2D eigenvalue weighted by atomic mass is 10.0. The SMILES string of the molecule is CCCCC[C]1CCOC1=O. The van der Waals surface area contributed by atoms with Crippen LogP contribution in [0.4, 0.5) is 0 Å². The predicted octanol–water partition coefficient (Wildman–Crippen LogP) is 2.09. The van der Waals surface area contributed by atoms with Crippen LogP contribution in [0, 0.1) is 5.92 Å². The highest BCUT2D eigenvalue weighted by Gasteiger charge is 2.26. The van der Waals surface area contributed by atoms with Crippen molar-refractivity contribution in [1.29, 1.82) is 0 Å². The van der Waals surface area contributed by atoms with E-state index in [4.69, 9.17) is 4.74 Å². The summed E-state index contributed by atoms with van der Waals surface area (Å²) in [6.07, 6.45) is 5.38. The van der Waals surface area contributed by atoms with Crippen LogP contribution in [0.5, 0.6) is 0 Å². The molecule has 1 fully saturated rings. The molecule has 1 rings (SSSR count). The summed E-state index contributed by atoms with van der Waals surface area (Å²) in [5, 5.41) is 0. The number of carbonyl (C=O) groups is 1. The second-order valence-corrected chi connectivity index (χ2v) is 2.95. The Morgan fingerprint density at radius 1 is 1.45 bits per heavy atom. The Balaban J connectivity index is 2.10. The van der Waals surface area contributed by atoms with Gasteiger partial charge in [-0.3, -0.25) is 4.79 Å². The molecule has 0 aliphatic carbocycles. The van der Waals surface area contributed by atoms with Crippen molar-refractivity contribution in [3.63, 3.8) is 0 Å². The maximum Gasteiger partial charge on any atom is 0.313 e.